The van der Waals surface area contributed by atoms with Crippen LogP contribution in [0.1, 0.15) is 39.0 Å². The number of nitrogens with zero attached hydrogens (tertiary/aromatic N) is 2. The van der Waals surface area contributed by atoms with E-state index in [2.05, 4.69) is 15.4 Å². The van der Waals surface area contributed by atoms with Gasteiger partial charge >= 0.3 is 0 Å². The van der Waals surface area contributed by atoms with E-state index in [1.807, 2.05) is 50.2 Å². The molecular weight excluding hydrogens is 442 g/mol. The third-order valence-corrected chi connectivity index (χ3v) is 6.24. The fraction of sp³-hybridized carbons (Fsp3) is 0.360. The van der Waals surface area contributed by atoms with Gasteiger partial charge in [0.25, 0.3) is 5.91 Å². The number of aromatic nitrogens is 1. The van der Waals surface area contributed by atoms with E-state index in [1.165, 1.54) is 0 Å². The Hall–Kier alpha value is -2.87. The summed E-state index contributed by atoms with van der Waals surface area (Å²) in [7, 11) is 0. The maximum absolute atomic E-state index is 13.2. The predicted molar refractivity (Wildman–Crippen MR) is 126 cm³/mol. The lowest BCUT2D eigenvalue weighted by molar-refractivity contribution is 0.0162. The van der Waals surface area contributed by atoms with Crippen molar-refractivity contribution in [3.8, 4) is 5.75 Å². The molecule has 33 heavy (non-hydrogen) atoms. The van der Waals surface area contributed by atoms with Crippen molar-refractivity contribution in [2.45, 2.75) is 26.5 Å². The van der Waals surface area contributed by atoms with E-state index in [1.54, 1.807) is 12.1 Å². The van der Waals surface area contributed by atoms with Gasteiger partial charge in [-0.3, -0.25) is 9.69 Å². The lowest BCUT2D eigenvalue weighted by atomic mass is 10.0. The molecule has 0 spiro atoms. The maximum atomic E-state index is 13.2. The predicted octanol–water partition coefficient (Wildman–Crippen LogP) is 4.33. The molecule has 1 atom stereocenters. The number of benzene rings is 2. The SMILES string of the molecule is Cc1noc(C)c1COc1ccccc1C(=O)NCC(c1ccccc1Cl)N1CCOCC1. The second-order valence-electron chi connectivity index (χ2n) is 7.98. The Morgan fingerprint density at radius 3 is 2.61 bits per heavy atom. The number of carbonyl (C=O) groups is 1. The maximum Gasteiger partial charge on any atom is 0.255 e. The summed E-state index contributed by atoms with van der Waals surface area (Å²) in [5.74, 6) is 1.02. The molecule has 1 saturated heterocycles. The fourth-order valence-electron chi connectivity index (χ4n) is 3.99. The van der Waals surface area contributed by atoms with E-state index in [-0.39, 0.29) is 18.6 Å². The first kappa shape index (κ1) is 23.3. The number of morpholine rings is 1. The van der Waals surface area contributed by atoms with Crippen LogP contribution in [-0.2, 0) is 11.3 Å². The van der Waals surface area contributed by atoms with Crippen LogP contribution in [0.25, 0.3) is 0 Å². The summed E-state index contributed by atoms with van der Waals surface area (Å²) in [5, 5.41) is 7.73. The standard InChI is InChI=1S/C25H28ClN3O4/c1-17-21(18(2)33-28-17)16-32-24-10-6-4-8-20(24)25(30)27-15-23(29-11-13-31-14-12-29)19-7-3-5-9-22(19)26/h3-10,23H,11-16H2,1-2H3,(H,27,30). The number of ether oxygens (including phenoxy) is 2. The molecule has 1 amide bonds. The van der Waals surface area contributed by atoms with Gasteiger partial charge < -0.3 is 19.3 Å². The summed E-state index contributed by atoms with van der Waals surface area (Å²) >= 11 is 6.51. The highest BCUT2D eigenvalue weighted by Gasteiger charge is 2.25. The van der Waals surface area contributed by atoms with Crippen molar-refractivity contribution in [3.05, 3.63) is 81.7 Å². The molecule has 1 fully saturated rings. The highest BCUT2D eigenvalue weighted by molar-refractivity contribution is 6.31. The number of carbonyl (C=O) groups excluding carboxylic acids is 1. The van der Waals surface area contributed by atoms with Crippen LogP contribution in [0, 0.1) is 13.8 Å². The Kier molecular flexibility index (Phi) is 7.65. The smallest absolute Gasteiger partial charge is 0.255 e. The van der Waals surface area contributed by atoms with E-state index >= 15 is 0 Å². The molecule has 1 unspecified atom stereocenters. The highest BCUT2D eigenvalue weighted by Crippen LogP contribution is 2.28. The van der Waals surface area contributed by atoms with Crippen LogP contribution >= 0.6 is 11.6 Å². The van der Waals surface area contributed by atoms with Crippen molar-refractivity contribution in [1.82, 2.24) is 15.4 Å². The first-order valence-electron chi connectivity index (χ1n) is 11.0. The van der Waals surface area contributed by atoms with Gasteiger partial charge in [0.15, 0.2) is 0 Å². The number of nitrogens with one attached hydrogen (secondary N) is 1. The molecule has 2 aromatic carbocycles. The molecule has 2 heterocycles. The molecule has 1 aliphatic rings. The number of hydrogen-bond donors (Lipinski definition) is 1. The molecule has 3 aromatic rings. The monoisotopic (exact) mass is 469 g/mol. The number of halogens is 1. The lowest BCUT2D eigenvalue weighted by Gasteiger charge is -2.35. The molecule has 0 radical (unpaired) electrons. The summed E-state index contributed by atoms with van der Waals surface area (Å²) in [6.45, 7) is 7.29. The lowest BCUT2D eigenvalue weighted by Crippen LogP contribution is -2.44. The Balaban J connectivity index is 1.48. The molecule has 174 valence electrons. The normalized spacial score (nSPS) is 15.2. The molecule has 0 saturated carbocycles. The van der Waals surface area contributed by atoms with Crippen LogP contribution in [0.3, 0.4) is 0 Å². The average Bonchev–Trinajstić information content (AvgIpc) is 3.16. The Morgan fingerprint density at radius 1 is 1.15 bits per heavy atom. The van der Waals surface area contributed by atoms with Crippen molar-refractivity contribution >= 4 is 17.5 Å². The molecule has 0 bridgehead atoms. The van der Waals surface area contributed by atoms with Gasteiger partial charge in [-0.2, -0.15) is 0 Å². The zero-order valence-electron chi connectivity index (χ0n) is 18.8. The van der Waals surface area contributed by atoms with Crippen LogP contribution < -0.4 is 10.1 Å². The first-order chi connectivity index (χ1) is 16.0. The Morgan fingerprint density at radius 2 is 1.88 bits per heavy atom. The van der Waals surface area contributed by atoms with Gasteiger partial charge in [0.2, 0.25) is 0 Å². The zero-order valence-corrected chi connectivity index (χ0v) is 19.6. The summed E-state index contributed by atoms with van der Waals surface area (Å²) < 4.78 is 16.7. The van der Waals surface area contributed by atoms with Crippen molar-refractivity contribution in [3.63, 3.8) is 0 Å². The molecule has 8 heteroatoms. The van der Waals surface area contributed by atoms with Crippen LogP contribution in [0.5, 0.6) is 5.75 Å². The van der Waals surface area contributed by atoms with E-state index in [9.17, 15) is 4.79 Å². The molecule has 1 aliphatic heterocycles. The summed E-state index contributed by atoms with van der Waals surface area (Å²) in [5.41, 5.74) is 3.13. The highest BCUT2D eigenvalue weighted by atomic mass is 35.5. The second-order valence-corrected chi connectivity index (χ2v) is 8.39. The van der Waals surface area contributed by atoms with Gasteiger partial charge in [-0.05, 0) is 37.6 Å². The van der Waals surface area contributed by atoms with E-state index in [0.717, 1.165) is 29.9 Å². The van der Waals surface area contributed by atoms with Crippen molar-refractivity contribution < 1.29 is 18.8 Å². The Bertz CT molecular complexity index is 1080. The van der Waals surface area contributed by atoms with Crippen molar-refractivity contribution in [2.24, 2.45) is 0 Å². The average molecular weight is 470 g/mol. The second kappa shape index (κ2) is 10.8. The van der Waals surface area contributed by atoms with E-state index in [0.29, 0.717) is 41.9 Å². The molecular formula is C25H28ClN3O4. The van der Waals surface area contributed by atoms with Crippen LogP contribution in [0.15, 0.2) is 53.1 Å². The fourth-order valence-corrected chi connectivity index (χ4v) is 4.25. The topological polar surface area (TPSA) is 76.8 Å². The summed E-state index contributed by atoms with van der Waals surface area (Å²) in [6, 6.07) is 14.9. The quantitative estimate of drug-likeness (QED) is 0.529. The van der Waals surface area contributed by atoms with Crippen LogP contribution in [0.2, 0.25) is 5.02 Å². The summed E-state index contributed by atoms with van der Waals surface area (Å²) in [6.07, 6.45) is 0. The van der Waals surface area contributed by atoms with Crippen molar-refractivity contribution in [1.29, 1.82) is 0 Å². The van der Waals surface area contributed by atoms with Gasteiger partial charge in [-0.1, -0.05) is 47.1 Å². The Labute approximate surface area is 198 Å². The van der Waals surface area contributed by atoms with Crippen molar-refractivity contribution in [2.75, 3.05) is 32.8 Å². The number of amides is 1. The number of aryl methyl sites for hydroxylation is 2. The molecule has 7 nitrogen and oxygen atoms in total. The summed E-state index contributed by atoms with van der Waals surface area (Å²) in [4.78, 5) is 15.5. The molecule has 1 N–H and O–H groups in total. The molecule has 0 aliphatic carbocycles. The number of rotatable bonds is 8. The minimum absolute atomic E-state index is 0.0538. The molecule has 1 aromatic heterocycles. The van der Waals surface area contributed by atoms with Gasteiger partial charge in [-0.15, -0.1) is 0 Å². The number of hydrogen-bond acceptors (Lipinski definition) is 6. The van der Waals surface area contributed by atoms with Crippen LogP contribution in [0.4, 0.5) is 0 Å². The third kappa shape index (κ3) is 5.55. The number of para-hydroxylation sites is 1. The van der Waals surface area contributed by atoms with Gasteiger partial charge in [0, 0.05) is 24.7 Å². The van der Waals surface area contributed by atoms with Gasteiger partial charge in [0.1, 0.15) is 18.1 Å². The van der Waals surface area contributed by atoms with E-state index < -0.39 is 0 Å². The first-order valence-corrected chi connectivity index (χ1v) is 11.4. The van der Waals surface area contributed by atoms with Crippen LogP contribution in [-0.4, -0.2) is 48.8 Å². The minimum atomic E-state index is -0.199. The van der Waals surface area contributed by atoms with E-state index in [4.69, 9.17) is 25.6 Å². The largest absolute Gasteiger partial charge is 0.488 e. The molecule has 4 rings (SSSR count). The third-order valence-electron chi connectivity index (χ3n) is 5.89. The zero-order chi connectivity index (χ0) is 23.2. The van der Waals surface area contributed by atoms with Gasteiger partial charge in [-0.25, -0.2) is 0 Å². The minimum Gasteiger partial charge on any atom is -0.488 e. The van der Waals surface area contributed by atoms with Gasteiger partial charge in [0.05, 0.1) is 36.1 Å².